The summed E-state index contributed by atoms with van der Waals surface area (Å²) in [6.45, 7) is 5.33. The Kier molecular flexibility index (Phi) is 6.21. The van der Waals surface area contributed by atoms with E-state index in [0.717, 1.165) is 11.1 Å². The number of esters is 1. The summed E-state index contributed by atoms with van der Waals surface area (Å²) in [6.07, 6.45) is 1.38. The van der Waals surface area contributed by atoms with Gasteiger partial charge >= 0.3 is 5.97 Å². The predicted octanol–water partition coefficient (Wildman–Crippen LogP) is 3.61. The molecule has 33 heavy (non-hydrogen) atoms. The van der Waals surface area contributed by atoms with Crippen molar-refractivity contribution in [2.75, 3.05) is 23.4 Å². The monoisotopic (exact) mass is 449 g/mol. The standard InChI is InChI=1S/C24H24FN5O3/c1-4-33-23(32)21-16(3)29(13-20(31)28-19-12-18(25)11-10-15(19)2)24-26-14-27-30(24)22(21)17-8-6-5-7-9-17/h5-12,14,22H,4,13H2,1-3H3,(H,28,31)/t22-/m0/s1. The second-order valence-electron chi connectivity index (χ2n) is 7.63. The molecular formula is C24H24FN5O3. The van der Waals surface area contributed by atoms with E-state index in [4.69, 9.17) is 4.74 Å². The summed E-state index contributed by atoms with van der Waals surface area (Å²) in [5, 5.41) is 7.09. The van der Waals surface area contributed by atoms with Crippen LogP contribution in [0.15, 0.2) is 66.1 Å². The Labute approximate surface area is 190 Å². The maximum atomic E-state index is 13.6. The van der Waals surface area contributed by atoms with Crippen molar-refractivity contribution in [2.45, 2.75) is 26.8 Å². The molecule has 0 radical (unpaired) electrons. The van der Waals surface area contributed by atoms with Gasteiger partial charge in [0.15, 0.2) is 0 Å². The van der Waals surface area contributed by atoms with Gasteiger partial charge in [-0.3, -0.25) is 4.79 Å². The molecule has 0 spiro atoms. The average Bonchev–Trinajstić information content (AvgIpc) is 3.28. The molecule has 1 N–H and O–H groups in total. The number of hydrogen-bond donors (Lipinski definition) is 1. The lowest BCUT2D eigenvalue weighted by molar-refractivity contribution is -0.139. The molecule has 4 rings (SSSR count). The van der Waals surface area contributed by atoms with E-state index in [2.05, 4.69) is 15.4 Å². The van der Waals surface area contributed by atoms with Crippen LogP contribution in [0.2, 0.25) is 0 Å². The molecule has 0 unspecified atom stereocenters. The topological polar surface area (TPSA) is 89.3 Å². The number of anilines is 2. The summed E-state index contributed by atoms with van der Waals surface area (Å²) in [6, 6.07) is 13.1. The number of halogens is 1. The Hall–Kier alpha value is -4.01. The lowest BCUT2D eigenvalue weighted by Gasteiger charge is -2.35. The Balaban J connectivity index is 1.72. The number of allylic oxidation sites excluding steroid dienone is 1. The zero-order valence-electron chi connectivity index (χ0n) is 18.6. The molecule has 8 nitrogen and oxygen atoms in total. The number of fused-ring (bicyclic) bond motifs is 1. The minimum atomic E-state index is -0.549. The zero-order chi connectivity index (χ0) is 23.5. The van der Waals surface area contributed by atoms with Crippen molar-refractivity contribution in [3.63, 3.8) is 0 Å². The lowest BCUT2D eigenvalue weighted by Crippen LogP contribution is -2.41. The highest BCUT2D eigenvalue weighted by Gasteiger charge is 2.38. The number of rotatable bonds is 6. The van der Waals surface area contributed by atoms with Gasteiger partial charge in [0.2, 0.25) is 11.9 Å². The Morgan fingerprint density at radius 2 is 1.91 bits per heavy atom. The van der Waals surface area contributed by atoms with E-state index in [9.17, 15) is 14.0 Å². The molecule has 2 aromatic carbocycles. The van der Waals surface area contributed by atoms with Crippen molar-refractivity contribution in [1.82, 2.24) is 14.8 Å². The Morgan fingerprint density at radius 1 is 1.15 bits per heavy atom. The van der Waals surface area contributed by atoms with Gasteiger partial charge in [0.25, 0.3) is 0 Å². The van der Waals surface area contributed by atoms with Crippen LogP contribution < -0.4 is 10.2 Å². The number of nitrogens with zero attached hydrogens (tertiary/aromatic N) is 4. The molecule has 0 aliphatic carbocycles. The van der Waals surface area contributed by atoms with Crippen LogP contribution >= 0.6 is 0 Å². The van der Waals surface area contributed by atoms with Gasteiger partial charge in [-0.2, -0.15) is 10.1 Å². The number of amides is 1. The third kappa shape index (κ3) is 4.34. The van der Waals surface area contributed by atoms with Crippen LogP contribution in [-0.4, -0.2) is 39.8 Å². The number of carbonyl (C=O) groups is 2. The normalized spacial score (nSPS) is 15.3. The summed E-state index contributed by atoms with van der Waals surface area (Å²) in [5.41, 5.74) is 2.86. The molecule has 3 aromatic rings. The van der Waals surface area contributed by atoms with E-state index in [0.29, 0.717) is 22.9 Å². The van der Waals surface area contributed by atoms with Gasteiger partial charge in [-0.15, -0.1) is 0 Å². The predicted molar refractivity (Wildman–Crippen MR) is 121 cm³/mol. The van der Waals surface area contributed by atoms with Gasteiger partial charge in [0.1, 0.15) is 24.7 Å². The second kappa shape index (κ2) is 9.23. The van der Waals surface area contributed by atoms with E-state index >= 15 is 0 Å². The molecule has 0 saturated carbocycles. The smallest absolute Gasteiger partial charge is 0.338 e. The van der Waals surface area contributed by atoms with Crippen molar-refractivity contribution in [1.29, 1.82) is 0 Å². The number of benzene rings is 2. The van der Waals surface area contributed by atoms with E-state index in [1.165, 1.54) is 18.5 Å². The molecule has 1 aromatic heterocycles. The van der Waals surface area contributed by atoms with Crippen molar-refractivity contribution in [2.24, 2.45) is 0 Å². The third-order valence-electron chi connectivity index (χ3n) is 5.49. The van der Waals surface area contributed by atoms with Crippen LogP contribution in [0.1, 0.15) is 31.0 Å². The van der Waals surface area contributed by atoms with Gasteiger partial charge in [0, 0.05) is 11.4 Å². The first-order chi connectivity index (χ1) is 15.9. The summed E-state index contributed by atoms with van der Waals surface area (Å²) in [7, 11) is 0. The number of nitrogens with one attached hydrogen (secondary N) is 1. The summed E-state index contributed by atoms with van der Waals surface area (Å²) < 4.78 is 20.6. The molecule has 9 heteroatoms. The Morgan fingerprint density at radius 3 is 2.64 bits per heavy atom. The highest BCUT2D eigenvalue weighted by Crippen LogP contribution is 2.38. The lowest BCUT2D eigenvalue weighted by atomic mass is 9.95. The van der Waals surface area contributed by atoms with Gasteiger partial charge in [-0.1, -0.05) is 36.4 Å². The highest BCUT2D eigenvalue weighted by molar-refractivity contribution is 5.97. The molecule has 0 fully saturated rings. The van der Waals surface area contributed by atoms with Gasteiger partial charge < -0.3 is 15.0 Å². The zero-order valence-corrected chi connectivity index (χ0v) is 18.6. The Bertz CT molecular complexity index is 1220. The number of ether oxygens (including phenoxy) is 1. The number of hydrogen-bond acceptors (Lipinski definition) is 6. The largest absolute Gasteiger partial charge is 0.463 e. The van der Waals surface area contributed by atoms with E-state index in [-0.39, 0.29) is 19.1 Å². The van der Waals surface area contributed by atoms with Crippen LogP contribution in [0.25, 0.3) is 0 Å². The van der Waals surface area contributed by atoms with E-state index < -0.39 is 17.8 Å². The fraction of sp³-hybridized carbons (Fsp3) is 0.250. The first-order valence-electron chi connectivity index (χ1n) is 10.6. The van der Waals surface area contributed by atoms with E-state index in [1.807, 2.05) is 30.3 Å². The summed E-state index contributed by atoms with van der Waals surface area (Å²) in [5.74, 6) is -0.907. The average molecular weight is 449 g/mol. The van der Waals surface area contributed by atoms with Crippen LogP contribution in [0.4, 0.5) is 16.0 Å². The van der Waals surface area contributed by atoms with Crippen molar-refractivity contribution in [3.8, 4) is 0 Å². The fourth-order valence-electron chi connectivity index (χ4n) is 3.90. The second-order valence-corrected chi connectivity index (χ2v) is 7.63. The number of carbonyl (C=O) groups excluding carboxylic acids is 2. The summed E-state index contributed by atoms with van der Waals surface area (Å²) in [4.78, 5) is 31.9. The van der Waals surface area contributed by atoms with Gasteiger partial charge in [-0.25, -0.2) is 13.9 Å². The van der Waals surface area contributed by atoms with Gasteiger partial charge in [0.05, 0.1) is 12.2 Å². The van der Waals surface area contributed by atoms with Crippen LogP contribution in [-0.2, 0) is 14.3 Å². The highest BCUT2D eigenvalue weighted by atomic mass is 19.1. The number of aromatic nitrogens is 3. The SMILES string of the molecule is CCOC(=O)C1=C(C)N(CC(=O)Nc2cc(F)ccc2C)c2ncnn2[C@H]1c1ccccc1. The van der Waals surface area contributed by atoms with E-state index in [1.54, 1.807) is 36.4 Å². The maximum absolute atomic E-state index is 13.6. The first kappa shape index (κ1) is 22.2. The van der Waals surface area contributed by atoms with Crippen molar-refractivity contribution >= 4 is 23.5 Å². The van der Waals surface area contributed by atoms with Crippen LogP contribution in [0.3, 0.4) is 0 Å². The first-order valence-corrected chi connectivity index (χ1v) is 10.6. The summed E-state index contributed by atoms with van der Waals surface area (Å²) >= 11 is 0. The molecule has 1 aliphatic rings. The minimum absolute atomic E-state index is 0.148. The molecule has 1 aliphatic heterocycles. The van der Waals surface area contributed by atoms with Gasteiger partial charge in [-0.05, 0) is 44.0 Å². The molecule has 0 saturated heterocycles. The van der Waals surface area contributed by atoms with Crippen LogP contribution in [0.5, 0.6) is 0 Å². The molecule has 2 heterocycles. The molecule has 1 amide bonds. The fourth-order valence-corrected chi connectivity index (χ4v) is 3.90. The van der Waals surface area contributed by atoms with Crippen LogP contribution in [0, 0.1) is 12.7 Å². The minimum Gasteiger partial charge on any atom is -0.463 e. The molecule has 170 valence electrons. The quantitative estimate of drug-likeness (QED) is 0.579. The van der Waals surface area contributed by atoms with Crippen molar-refractivity contribution < 1.29 is 18.7 Å². The number of aryl methyl sites for hydroxylation is 1. The third-order valence-corrected chi connectivity index (χ3v) is 5.49. The molecule has 0 bridgehead atoms. The molecule has 1 atom stereocenters. The van der Waals surface area contributed by atoms with Crippen molar-refractivity contribution in [3.05, 3.63) is 83.1 Å². The maximum Gasteiger partial charge on any atom is 0.338 e. The molecular weight excluding hydrogens is 425 g/mol.